The lowest BCUT2D eigenvalue weighted by molar-refractivity contribution is -0.384. The Labute approximate surface area is 151 Å². The van der Waals surface area contributed by atoms with Crippen LogP contribution in [-0.4, -0.2) is 30.2 Å². The molecule has 0 fully saturated rings. The molecule has 2 rings (SSSR count). The molecular formula is C18H20N4O4. The Kier molecular flexibility index (Phi) is 6.67. The highest BCUT2D eigenvalue weighted by Gasteiger charge is 2.15. The molecular weight excluding hydrogens is 336 g/mol. The molecule has 26 heavy (non-hydrogen) atoms. The number of non-ortho nitro benzene ring substituents is 1. The molecule has 0 aromatic heterocycles. The molecule has 0 saturated heterocycles. The van der Waals surface area contributed by atoms with Crippen molar-refractivity contribution in [3.63, 3.8) is 0 Å². The number of anilines is 1. The van der Waals surface area contributed by atoms with Crippen molar-refractivity contribution in [2.45, 2.75) is 19.4 Å². The summed E-state index contributed by atoms with van der Waals surface area (Å²) < 4.78 is 5.10. The Morgan fingerprint density at radius 2 is 1.88 bits per heavy atom. The van der Waals surface area contributed by atoms with E-state index in [1.54, 1.807) is 31.4 Å². The second-order valence-corrected chi connectivity index (χ2v) is 5.42. The highest BCUT2D eigenvalue weighted by molar-refractivity contribution is 5.86. The largest absolute Gasteiger partial charge is 0.497 e. The predicted molar refractivity (Wildman–Crippen MR) is 99.5 cm³/mol. The van der Waals surface area contributed by atoms with Gasteiger partial charge in [0, 0.05) is 17.8 Å². The molecule has 0 bridgehead atoms. The normalized spacial score (nSPS) is 11.8. The van der Waals surface area contributed by atoms with Crippen LogP contribution in [0.2, 0.25) is 0 Å². The van der Waals surface area contributed by atoms with Crippen LogP contribution in [0.3, 0.4) is 0 Å². The fourth-order valence-electron chi connectivity index (χ4n) is 2.17. The minimum Gasteiger partial charge on any atom is -0.497 e. The highest BCUT2D eigenvalue weighted by Crippen LogP contribution is 2.16. The van der Waals surface area contributed by atoms with E-state index >= 15 is 0 Å². The SMILES string of the molecule is CC[C@H](Nc1ccc(OC)cc1)C(=O)N/N=C\c1ccc([N+](=O)[O-])cc1. The maximum absolute atomic E-state index is 12.2. The zero-order valence-corrected chi connectivity index (χ0v) is 14.5. The van der Waals surface area contributed by atoms with Gasteiger partial charge in [0.25, 0.3) is 11.6 Å². The van der Waals surface area contributed by atoms with E-state index in [4.69, 9.17) is 4.74 Å². The van der Waals surface area contributed by atoms with Gasteiger partial charge in [-0.1, -0.05) is 6.92 Å². The Morgan fingerprint density at radius 3 is 2.42 bits per heavy atom. The van der Waals surface area contributed by atoms with Crippen molar-refractivity contribution in [3.05, 3.63) is 64.2 Å². The zero-order chi connectivity index (χ0) is 18.9. The van der Waals surface area contributed by atoms with Gasteiger partial charge in [0.15, 0.2) is 0 Å². The first-order valence-corrected chi connectivity index (χ1v) is 8.01. The molecule has 8 nitrogen and oxygen atoms in total. The van der Waals surface area contributed by atoms with Crippen molar-refractivity contribution >= 4 is 23.5 Å². The van der Waals surface area contributed by atoms with Crippen LogP contribution in [0.4, 0.5) is 11.4 Å². The summed E-state index contributed by atoms with van der Waals surface area (Å²) in [6.45, 7) is 1.89. The first-order valence-electron chi connectivity index (χ1n) is 8.01. The molecule has 0 saturated carbocycles. The summed E-state index contributed by atoms with van der Waals surface area (Å²) in [5.74, 6) is 0.460. The molecule has 0 radical (unpaired) electrons. The van der Waals surface area contributed by atoms with Gasteiger partial charge in [0.2, 0.25) is 0 Å². The van der Waals surface area contributed by atoms with Crippen LogP contribution in [0.25, 0.3) is 0 Å². The molecule has 2 N–H and O–H groups in total. The summed E-state index contributed by atoms with van der Waals surface area (Å²) >= 11 is 0. The van der Waals surface area contributed by atoms with Crippen molar-refractivity contribution in [2.75, 3.05) is 12.4 Å². The van der Waals surface area contributed by atoms with Crippen LogP contribution in [-0.2, 0) is 4.79 Å². The number of nitro groups is 1. The number of carbonyl (C=O) groups is 1. The number of hydrazone groups is 1. The number of nitro benzene ring substituents is 1. The van der Waals surface area contributed by atoms with Gasteiger partial charge in [-0.05, 0) is 48.4 Å². The lowest BCUT2D eigenvalue weighted by Crippen LogP contribution is -2.36. The molecule has 1 amide bonds. The highest BCUT2D eigenvalue weighted by atomic mass is 16.6. The number of ether oxygens (including phenoxy) is 1. The molecule has 8 heteroatoms. The Bertz CT molecular complexity index is 773. The summed E-state index contributed by atoms with van der Waals surface area (Å²) in [7, 11) is 1.59. The van der Waals surface area contributed by atoms with Crippen molar-refractivity contribution in [2.24, 2.45) is 5.10 Å². The smallest absolute Gasteiger partial charge is 0.269 e. The van der Waals surface area contributed by atoms with Crippen molar-refractivity contribution in [1.82, 2.24) is 5.43 Å². The third kappa shape index (κ3) is 5.30. The van der Waals surface area contributed by atoms with E-state index in [1.165, 1.54) is 18.3 Å². The van der Waals surface area contributed by atoms with Gasteiger partial charge in [-0.2, -0.15) is 5.10 Å². The molecule has 136 valence electrons. The fourth-order valence-corrected chi connectivity index (χ4v) is 2.17. The first kappa shape index (κ1) is 18.9. The molecule has 1 atom stereocenters. The predicted octanol–water partition coefficient (Wildman–Crippen LogP) is 2.94. The van der Waals surface area contributed by atoms with Crippen LogP contribution in [0, 0.1) is 10.1 Å². The molecule has 0 aliphatic carbocycles. The number of carbonyl (C=O) groups excluding carboxylic acids is 1. The molecule has 0 aliphatic heterocycles. The standard InChI is InChI=1S/C18H20N4O4/c1-3-17(20-14-6-10-16(26-2)11-7-14)18(23)21-19-12-13-4-8-15(9-5-13)22(24)25/h4-12,17,20H,3H2,1-2H3,(H,21,23)/b19-12-/t17-/m0/s1. The van der Waals surface area contributed by atoms with Crippen LogP contribution in [0.15, 0.2) is 53.6 Å². The maximum atomic E-state index is 12.2. The monoisotopic (exact) mass is 356 g/mol. The summed E-state index contributed by atoms with van der Waals surface area (Å²) in [5, 5.41) is 17.6. The molecule has 2 aromatic carbocycles. The van der Waals surface area contributed by atoms with E-state index in [0.717, 1.165) is 11.4 Å². The third-order valence-electron chi connectivity index (χ3n) is 3.65. The molecule has 0 spiro atoms. The van der Waals surface area contributed by atoms with E-state index in [9.17, 15) is 14.9 Å². The van der Waals surface area contributed by atoms with Gasteiger partial charge in [0.1, 0.15) is 11.8 Å². The van der Waals surface area contributed by atoms with E-state index in [2.05, 4.69) is 15.8 Å². The molecule has 0 heterocycles. The second-order valence-electron chi connectivity index (χ2n) is 5.42. The zero-order valence-electron chi connectivity index (χ0n) is 14.5. The first-order chi connectivity index (χ1) is 12.5. The number of hydrogen-bond acceptors (Lipinski definition) is 6. The molecule has 2 aromatic rings. The van der Waals surface area contributed by atoms with Gasteiger partial charge >= 0.3 is 0 Å². The topological polar surface area (TPSA) is 106 Å². The quantitative estimate of drug-likeness (QED) is 0.430. The van der Waals surface area contributed by atoms with E-state index < -0.39 is 11.0 Å². The Balaban J connectivity index is 1.92. The van der Waals surface area contributed by atoms with Gasteiger partial charge < -0.3 is 10.1 Å². The Morgan fingerprint density at radius 1 is 1.23 bits per heavy atom. The summed E-state index contributed by atoms with van der Waals surface area (Å²) in [5.41, 5.74) is 3.92. The number of benzene rings is 2. The van der Waals surface area contributed by atoms with Gasteiger partial charge in [-0.15, -0.1) is 0 Å². The molecule has 0 aliphatic rings. The minimum absolute atomic E-state index is 0.000856. The number of methoxy groups -OCH3 is 1. The third-order valence-corrected chi connectivity index (χ3v) is 3.65. The van der Waals surface area contributed by atoms with Crippen LogP contribution < -0.4 is 15.5 Å². The number of amides is 1. The van der Waals surface area contributed by atoms with Gasteiger partial charge in [-0.25, -0.2) is 5.43 Å². The lowest BCUT2D eigenvalue weighted by atomic mass is 10.2. The average molecular weight is 356 g/mol. The maximum Gasteiger partial charge on any atom is 0.269 e. The van der Waals surface area contributed by atoms with Crippen molar-refractivity contribution in [1.29, 1.82) is 0 Å². The minimum atomic E-state index is -0.473. The number of hydrogen-bond donors (Lipinski definition) is 2. The average Bonchev–Trinajstić information content (AvgIpc) is 2.66. The van der Waals surface area contributed by atoms with E-state index in [-0.39, 0.29) is 11.6 Å². The van der Waals surface area contributed by atoms with Crippen LogP contribution in [0.1, 0.15) is 18.9 Å². The van der Waals surface area contributed by atoms with E-state index in [0.29, 0.717) is 12.0 Å². The van der Waals surface area contributed by atoms with Crippen molar-refractivity contribution < 1.29 is 14.5 Å². The van der Waals surface area contributed by atoms with E-state index in [1.807, 2.05) is 19.1 Å². The molecule has 0 unspecified atom stereocenters. The van der Waals surface area contributed by atoms with Gasteiger partial charge in [-0.3, -0.25) is 14.9 Å². The fraction of sp³-hybridized carbons (Fsp3) is 0.222. The number of nitrogens with one attached hydrogen (secondary N) is 2. The summed E-state index contributed by atoms with van der Waals surface area (Å²) in [6.07, 6.45) is 2.01. The number of nitrogens with zero attached hydrogens (tertiary/aromatic N) is 2. The van der Waals surface area contributed by atoms with Crippen molar-refractivity contribution in [3.8, 4) is 5.75 Å². The van der Waals surface area contributed by atoms with Crippen LogP contribution >= 0.6 is 0 Å². The second kappa shape index (κ2) is 9.16. The van der Waals surface area contributed by atoms with Crippen LogP contribution in [0.5, 0.6) is 5.75 Å². The number of rotatable bonds is 8. The lowest BCUT2D eigenvalue weighted by Gasteiger charge is -2.16. The summed E-state index contributed by atoms with van der Waals surface area (Å²) in [6, 6.07) is 12.7. The summed E-state index contributed by atoms with van der Waals surface area (Å²) in [4.78, 5) is 22.4. The Hall–Kier alpha value is -3.42. The van der Waals surface area contributed by atoms with Gasteiger partial charge in [0.05, 0.1) is 18.2 Å².